The molecule has 20 heavy (non-hydrogen) atoms. The highest BCUT2D eigenvalue weighted by atomic mass is 16.5. The average molecular weight is 279 g/mol. The Labute approximate surface area is 119 Å². The molecule has 0 saturated carbocycles. The summed E-state index contributed by atoms with van der Waals surface area (Å²) >= 11 is 0. The molecule has 0 aliphatic carbocycles. The Kier molecular flexibility index (Phi) is 6.06. The van der Waals surface area contributed by atoms with Crippen molar-refractivity contribution in [2.45, 2.75) is 13.5 Å². The van der Waals surface area contributed by atoms with Crippen LogP contribution in [0.3, 0.4) is 0 Å². The standard InChI is InChI=1S/C15H21NO4/c1-5-6-16(10-15(17)18)9-12-8-14(20-4)13(19-3)7-11(12)2/h5,7-8H,1,6,9-10H2,2-4H3,(H,17,18). The monoisotopic (exact) mass is 279 g/mol. The van der Waals surface area contributed by atoms with Crippen molar-refractivity contribution in [2.24, 2.45) is 0 Å². The van der Waals surface area contributed by atoms with Gasteiger partial charge in [0.05, 0.1) is 20.8 Å². The Bertz CT molecular complexity index is 485. The van der Waals surface area contributed by atoms with Crippen LogP contribution in [0.25, 0.3) is 0 Å². The van der Waals surface area contributed by atoms with Gasteiger partial charge in [0.15, 0.2) is 11.5 Å². The second-order valence-electron chi connectivity index (χ2n) is 4.49. The second kappa shape index (κ2) is 7.55. The zero-order valence-electron chi connectivity index (χ0n) is 12.2. The lowest BCUT2D eigenvalue weighted by Crippen LogP contribution is -2.29. The normalized spacial score (nSPS) is 10.4. The predicted octanol–water partition coefficient (Wildman–Crippen LogP) is 2.08. The number of ether oxygens (including phenoxy) is 2. The van der Waals surface area contributed by atoms with Crippen molar-refractivity contribution in [3.05, 3.63) is 35.9 Å². The van der Waals surface area contributed by atoms with Crippen LogP contribution in [0.5, 0.6) is 11.5 Å². The number of benzene rings is 1. The highest BCUT2D eigenvalue weighted by Gasteiger charge is 2.13. The molecule has 0 aliphatic heterocycles. The molecule has 0 radical (unpaired) electrons. The van der Waals surface area contributed by atoms with E-state index in [0.717, 1.165) is 11.1 Å². The molecule has 0 spiro atoms. The van der Waals surface area contributed by atoms with Gasteiger partial charge in [0, 0.05) is 13.1 Å². The first-order valence-corrected chi connectivity index (χ1v) is 6.28. The third kappa shape index (κ3) is 4.28. The molecule has 0 fully saturated rings. The van der Waals surface area contributed by atoms with Crippen LogP contribution in [0.2, 0.25) is 0 Å². The number of carboxylic acids is 1. The summed E-state index contributed by atoms with van der Waals surface area (Å²) in [5.74, 6) is 0.453. The van der Waals surface area contributed by atoms with Gasteiger partial charge in [-0.05, 0) is 30.2 Å². The molecule has 1 aromatic carbocycles. The van der Waals surface area contributed by atoms with Crippen LogP contribution < -0.4 is 9.47 Å². The lowest BCUT2D eigenvalue weighted by molar-refractivity contribution is -0.138. The van der Waals surface area contributed by atoms with Gasteiger partial charge >= 0.3 is 5.97 Å². The second-order valence-corrected chi connectivity index (χ2v) is 4.49. The van der Waals surface area contributed by atoms with Gasteiger partial charge in [-0.3, -0.25) is 9.69 Å². The van der Waals surface area contributed by atoms with Gasteiger partial charge in [-0.25, -0.2) is 0 Å². The van der Waals surface area contributed by atoms with E-state index < -0.39 is 5.97 Å². The molecule has 5 heteroatoms. The largest absolute Gasteiger partial charge is 0.493 e. The Morgan fingerprint density at radius 2 is 1.95 bits per heavy atom. The van der Waals surface area contributed by atoms with Gasteiger partial charge < -0.3 is 14.6 Å². The first kappa shape index (κ1) is 16.0. The minimum atomic E-state index is -0.857. The topological polar surface area (TPSA) is 59.0 Å². The minimum absolute atomic E-state index is 0.0280. The van der Waals surface area contributed by atoms with E-state index in [9.17, 15) is 4.79 Å². The maximum atomic E-state index is 10.9. The van der Waals surface area contributed by atoms with Gasteiger partial charge in [0.25, 0.3) is 0 Å². The predicted molar refractivity (Wildman–Crippen MR) is 77.4 cm³/mol. The number of aryl methyl sites for hydroxylation is 1. The zero-order valence-corrected chi connectivity index (χ0v) is 12.2. The van der Waals surface area contributed by atoms with Crippen LogP contribution in [-0.4, -0.2) is 43.3 Å². The number of nitrogens with zero attached hydrogens (tertiary/aromatic N) is 1. The van der Waals surface area contributed by atoms with Gasteiger partial charge in [0.2, 0.25) is 0 Å². The summed E-state index contributed by atoms with van der Waals surface area (Å²) < 4.78 is 10.5. The Hall–Kier alpha value is -2.01. The quantitative estimate of drug-likeness (QED) is 0.738. The maximum Gasteiger partial charge on any atom is 0.317 e. The van der Waals surface area contributed by atoms with E-state index in [1.54, 1.807) is 25.2 Å². The molecule has 0 unspecified atom stereocenters. The molecule has 0 atom stereocenters. The molecule has 0 saturated heterocycles. The maximum absolute atomic E-state index is 10.9. The fourth-order valence-corrected chi connectivity index (χ4v) is 1.99. The summed E-state index contributed by atoms with van der Waals surface area (Å²) in [5.41, 5.74) is 2.04. The van der Waals surface area contributed by atoms with Crippen molar-refractivity contribution in [1.82, 2.24) is 4.90 Å². The summed E-state index contributed by atoms with van der Waals surface area (Å²) in [5, 5.41) is 8.92. The first-order valence-electron chi connectivity index (χ1n) is 6.28. The number of rotatable bonds is 8. The van der Waals surface area contributed by atoms with Crippen molar-refractivity contribution in [2.75, 3.05) is 27.3 Å². The van der Waals surface area contributed by atoms with E-state index in [2.05, 4.69) is 6.58 Å². The SMILES string of the molecule is C=CCN(CC(=O)O)Cc1cc(OC)c(OC)cc1C. The minimum Gasteiger partial charge on any atom is -0.493 e. The fourth-order valence-electron chi connectivity index (χ4n) is 1.99. The fraction of sp³-hybridized carbons (Fsp3) is 0.400. The van der Waals surface area contributed by atoms with Gasteiger partial charge in [-0.2, -0.15) is 0 Å². The molecule has 1 aromatic rings. The summed E-state index contributed by atoms with van der Waals surface area (Å²) in [7, 11) is 3.17. The van der Waals surface area contributed by atoms with Crippen molar-refractivity contribution < 1.29 is 19.4 Å². The van der Waals surface area contributed by atoms with Crippen LogP contribution in [0.4, 0.5) is 0 Å². The van der Waals surface area contributed by atoms with Crippen LogP contribution in [0, 0.1) is 6.92 Å². The summed E-state index contributed by atoms with van der Waals surface area (Å²) in [6.07, 6.45) is 1.69. The first-order chi connectivity index (χ1) is 9.51. The molecule has 0 heterocycles. The van der Waals surface area contributed by atoms with Crippen molar-refractivity contribution in [3.63, 3.8) is 0 Å². The lowest BCUT2D eigenvalue weighted by Gasteiger charge is -2.20. The highest BCUT2D eigenvalue weighted by molar-refractivity contribution is 5.69. The smallest absolute Gasteiger partial charge is 0.317 e. The molecule has 0 aromatic heterocycles. The third-order valence-corrected chi connectivity index (χ3v) is 2.98. The molecule has 0 aliphatic rings. The molecule has 5 nitrogen and oxygen atoms in total. The molecular formula is C15H21NO4. The zero-order chi connectivity index (χ0) is 15.1. The number of carboxylic acid groups (broad SMARTS) is 1. The van der Waals surface area contributed by atoms with Crippen LogP contribution in [-0.2, 0) is 11.3 Å². The Balaban J connectivity index is 2.99. The van der Waals surface area contributed by atoms with E-state index in [-0.39, 0.29) is 6.54 Å². The van der Waals surface area contributed by atoms with Gasteiger partial charge in [-0.15, -0.1) is 6.58 Å². The number of methoxy groups -OCH3 is 2. The van der Waals surface area contributed by atoms with Crippen LogP contribution >= 0.6 is 0 Å². The van der Waals surface area contributed by atoms with E-state index in [0.29, 0.717) is 24.6 Å². The van der Waals surface area contributed by atoms with Gasteiger partial charge in [0.1, 0.15) is 0 Å². The molecule has 1 rings (SSSR count). The summed E-state index contributed by atoms with van der Waals surface area (Å²) in [6.45, 7) is 6.62. The van der Waals surface area contributed by atoms with Crippen molar-refractivity contribution in [3.8, 4) is 11.5 Å². The average Bonchev–Trinajstić information content (AvgIpc) is 2.40. The summed E-state index contributed by atoms with van der Waals surface area (Å²) in [4.78, 5) is 12.7. The number of carbonyl (C=O) groups is 1. The molecule has 1 N–H and O–H groups in total. The van der Waals surface area contributed by atoms with Crippen LogP contribution in [0.15, 0.2) is 24.8 Å². The van der Waals surface area contributed by atoms with Gasteiger partial charge in [-0.1, -0.05) is 6.08 Å². The number of hydrogen-bond acceptors (Lipinski definition) is 4. The van der Waals surface area contributed by atoms with Crippen LogP contribution in [0.1, 0.15) is 11.1 Å². The van der Waals surface area contributed by atoms with E-state index in [1.807, 2.05) is 19.1 Å². The molecule has 0 amide bonds. The molecule has 110 valence electrons. The number of hydrogen-bond donors (Lipinski definition) is 1. The van der Waals surface area contributed by atoms with E-state index >= 15 is 0 Å². The third-order valence-electron chi connectivity index (χ3n) is 2.98. The number of aliphatic carboxylic acids is 1. The molecule has 0 bridgehead atoms. The Morgan fingerprint density at radius 3 is 2.45 bits per heavy atom. The summed E-state index contributed by atoms with van der Waals surface area (Å²) in [6, 6.07) is 3.77. The highest BCUT2D eigenvalue weighted by Crippen LogP contribution is 2.30. The van der Waals surface area contributed by atoms with E-state index in [4.69, 9.17) is 14.6 Å². The lowest BCUT2D eigenvalue weighted by atomic mass is 10.1. The van der Waals surface area contributed by atoms with Crippen molar-refractivity contribution >= 4 is 5.97 Å². The Morgan fingerprint density at radius 1 is 1.35 bits per heavy atom. The molecular weight excluding hydrogens is 258 g/mol. The van der Waals surface area contributed by atoms with Crippen molar-refractivity contribution in [1.29, 1.82) is 0 Å². The van der Waals surface area contributed by atoms with E-state index in [1.165, 1.54) is 0 Å².